The molecule has 2 N–H and O–H groups in total. The Labute approximate surface area is 170 Å². The summed E-state index contributed by atoms with van der Waals surface area (Å²) in [5, 5.41) is 7.82. The van der Waals surface area contributed by atoms with Crippen LogP contribution in [0, 0.1) is 0 Å². The van der Waals surface area contributed by atoms with E-state index in [0.717, 1.165) is 41.6 Å². The van der Waals surface area contributed by atoms with Crippen molar-refractivity contribution in [3.8, 4) is 0 Å². The van der Waals surface area contributed by atoms with Crippen molar-refractivity contribution < 1.29 is 0 Å². The van der Waals surface area contributed by atoms with Gasteiger partial charge in [0.05, 0.1) is 6.54 Å². The van der Waals surface area contributed by atoms with Crippen LogP contribution in [0.15, 0.2) is 47.6 Å². The van der Waals surface area contributed by atoms with E-state index in [9.17, 15) is 0 Å². The maximum atomic E-state index is 6.16. The van der Waals surface area contributed by atoms with Crippen molar-refractivity contribution in [2.75, 3.05) is 13.1 Å². The van der Waals surface area contributed by atoms with Crippen molar-refractivity contribution in [2.24, 2.45) is 4.99 Å². The van der Waals surface area contributed by atoms with E-state index in [1.165, 1.54) is 0 Å². The molecule has 2 rings (SSSR count). The Bertz CT molecular complexity index is 647. The first-order valence-electron chi connectivity index (χ1n) is 7.55. The molecule has 7 heteroatoms. The van der Waals surface area contributed by atoms with E-state index < -0.39 is 0 Å². The Hall–Kier alpha value is -1.05. The van der Waals surface area contributed by atoms with Gasteiger partial charge in [-0.3, -0.25) is 0 Å². The number of hydrogen-bond acceptors (Lipinski definition) is 2. The number of hydrogen-bond donors (Lipinski definition) is 2. The molecule has 0 saturated carbocycles. The molecule has 0 aliphatic rings. The number of guanidine groups is 1. The molecule has 0 saturated heterocycles. The van der Waals surface area contributed by atoms with E-state index in [1.54, 1.807) is 12.3 Å². The van der Waals surface area contributed by atoms with Crippen molar-refractivity contribution in [3.63, 3.8) is 0 Å². The Balaban J connectivity index is 0.00000288. The fourth-order valence-electron chi connectivity index (χ4n) is 2.03. The van der Waals surface area contributed by atoms with E-state index in [0.29, 0.717) is 11.7 Å². The number of rotatable bonds is 6. The average Bonchev–Trinajstić information content (AvgIpc) is 2.56. The number of benzene rings is 1. The summed E-state index contributed by atoms with van der Waals surface area (Å²) in [7, 11) is 0. The monoisotopic (exact) mass is 478 g/mol. The van der Waals surface area contributed by atoms with Gasteiger partial charge in [0.15, 0.2) is 5.96 Å². The predicted octanol–water partition coefficient (Wildman–Crippen LogP) is 4.30. The molecule has 0 aliphatic heterocycles. The van der Waals surface area contributed by atoms with Crippen molar-refractivity contribution in [3.05, 3.63) is 63.9 Å². The quantitative estimate of drug-likeness (QED) is 0.281. The zero-order valence-corrected chi connectivity index (χ0v) is 17.3. The van der Waals surface area contributed by atoms with E-state index in [4.69, 9.17) is 23.2 Å². The van der Waals surface area contributed by atoms with E-state index in [2.05, 4.69) is 20.6 Å². The molecule has 0 atom stereocenters. The van der Waals surface area contributed by atoms with E-state index in [1.807, 2.05) is 37.3 Å². The van der Waals surface area contributed by atoms with Crippen LogP contribution >= 0.6 is 47.2 Å². The van der Waals surface area contributed by atoms with Crippen molar-refractivity contribution >= 4 is 53.1 Å². The molecule has 0 unspecified atom stereocenters. The van der Waals surface area contributed by atoms with Gasteiger partial charge in [-0.1, -0.05) is 47.5 Å². The molecular weight excluding hydrogens is 458 g/mol. The summed E-state index contributed by atoms with van der Waals surface area (Å²) in [5.74, 6) is 0.773. The highest BCUT2D eigenvalue weighted by Gasteiger charge is 2.01. The number of aliphatic imine (C=N–C) groups is 1. The van der Waals surface area contributed by atoms with Gasteiger partial charge in [0.1, 0.15) is 5.15 Å². The van der Waals surface area contributed by atoms with Crippen LogP contribution in [0.5, 0.6) is 0 Å². The second-order valence-electron chi connectivity index (χ2n) is 4.95. The van der Waals surface area contributed by atoms with Gasteiger partial charge in [0.25, 0.3) is 0 Å². The summed E-state index contributed by atoms with van der Waals surface area (Å²) in [6, 6.07) is 11.6. The Morgan fingerprint density at radius 3 is 2.58 bits per heavy atom. The van der Waals surface area contributed by atoms with Crippen LogP contribution in [0.3, 0.4) is 0 Å². The fraction of sp³-hybridized carbons (Fsp3) is 0.294. The summed E-state index contributed by atoms with van der Waals surface area (Å²) in [6.45, 7) is 4.14. The minimum atomic E-state index is 0. The summed E-state index contributed by atoms with van der Waals surface area (Å²) in [5.41, 5.74) is 2.14. The second-order valence-corrected chi connectivity index (χ2v) is 5.75. The third-order valence-corrected chi connectivity index (χ3v) is 3.79. The zero-order valence-electron chi connectivity index (χ0n) is 13.4. The molecule has 4 nitrogen and oxygen atoms in total. The number of aromatic nitrogens is 1. The summed E-state index contributed by atoms with van der Waals surface area (Å²) in [6.07, 6.45) is 2.58. The van der Waals surface area contributed by atoms with Crippen LogP contribution in [0.4, 0.5) is 0 Å². The van der Waals surface area contributed by atoms with Gasteiger partial charge in [-0.15, -0.1) is 24.0 Å². The molecular formula is C17H21Cl2IN4. The van der Waals surface area contributed by atoms with Crippen molar-refractivity contribution in [1.82, 2.24) is 15.6 Å². The third kappa shape index (κ3) is 7.23. The van der Waals surface area contributed by atoms with Gasteiger partial charge in [0, 0.05) is 24.3 Å². The highest BCUT2D eigenvalue weighted by Crippen LogP contribution is 2.14. The summed E-state index contributed by atoms with van der Waals surface area (Å²) in [4.78, 5) is 8.60. The summed E-state index contributed by atoms with van der Waals surface area (Å²) >= 11 is 11.9. The Morgan fingerprint density at radius 1 is 1.12 bits per heavy atom. The smallest absolute Gasteiger partial charge is 0.191 e. The molecule has 0 aliphatic carbocycles. The molecule has 0 amide bonds. The number of nitrogens with zero attached hydrogens (tertiary/aromatic N) is 2. The summed E-state index contributed by atoms with van der Waals surface area (Å²) < 4.78 is 0. The largest absolute Gasteiger partial charge is 0.357 e. The molecule has 0 radical (unpaired) electrons. The van der Waals surface area contributed by atoms with E-state index >= 15 is 0 Å². The SMILES string of the molecule is CCNC(=NCc1ccc(Cl)nc1)NCCc1ccccc1Cl.I. The molecule has 0 fully saturated rings. The number of pyridine rings is 1. The molecule has 1 aromatic carbocycles. The van der Waals surface area contributed by atoms with Gasteiger partial charge in [-0.2, -0.15) is 0 Å². The van der Waals surface area contributed by atoms with Crippen LogP contribution in [-0.2, 0) is 13.0 Å². The number of halogens is 3. The second kappa shape index (κ2) is 11.5. The highest BCUT2D eigenvalue weighted by molar-refractivity contribution is 14.0. The average molecular weight is 479 g/mol. The van der Waals surface area contributed by atoms with Gasteiger partial charge in [-0.05, 0) is 36.6 Å². The lowest BCUT2D eigenvalue weighted by atomic mass is 10.1. The lowest BCUT2D eigenvalue weighted by molar-refractivity contribution is 0.799. The third-order valence-electron chi connectivity index (χ3n) is 3.20. The molecule has 1 heterocycles. The Kier molecular flexibility index (Phi) is 10.1. The van der Waals surface area contributed by atoms with Crippen LogP contribution in [0.2, 0.25) is 10.2 Å². The van der Waals surface area contributed by atoms with Crippen LogP contribution in [0.1, 0.15) is 18.1 Å². The topological polar surface area (TPSA) is 49.3 Å². The first kappa shape index (κ1) is 21.0. The standard InChI is InChI=1S/C17H20Cl2N4.HI/c1-2-20-17(23-12-13-7-8-16(19)22-11-13)21-10-9-14-5-3-4-6-15(14)18;/h3-8,11H,2,9-10,12H2,1H3,(H2,20,21,23);1H. The fourth-order valence-corrected chi connectivity index (χ4v) is 2.37. The molecule has 2 aromatic rings. The zero-order chi connectivity index (χ0) is 16.5. The van der Waals surface area contributed by atoms with Gasteiger partial charge in [0.2, 0.25) is 0 Å². The first-order chi connectivity index (χ1) is 11.2. The molecule has 0 bridgehead atoms. The molecule has 24 heavy (non-hydrogen) atoms. The van der Waals surface area contributed by atoms with Gasteiger partial charge < -0.3 is 10.6 Å². The molecule has 0 spiro atoms. The molecule has 130 valence electrons. The predicted molar refractivity (Wildman–Crippen MR) is 113 cm³/mol. The minimum Gasteiger partial charge on any atom is -0.357 e. The highest BCUT2D eigenvalue weighted by atomic mass is 127. The molecule has 1 aromatic heterocycles. The Morgan fingerprint density at radius 2 is 1.92 bits per heavy atom. The minimum absolute atomic E-state index is 0. The van der Waals surface area contributed by atoms with Crippen LogP contribution in [0.25, 0.3) is 0 Å². The normalized spacial score (nSPS) is 10.9. The van der Waals surface area contributed by atoms with E-state index in [-0.39, 0.29) is 24.0 Å². The van der Waals surface area contributed by atoms with Gasteiger partial charge in [-0.25, -0.2) is 9.98 Å². The van der Waals surface area contributed by atoms with Crippen molar-refractivity contribution in [2.45, 2.75) is 19.9 Å². The van der Waals surface area contributed by atoms with Crippen LogP contribution in [-0.4, -0.2) is 24.0 Å². The maximum Gasteiger partial charge on any atom is 0.191 e. The lowest BCUT2D eigenvalue weighted by Gasteiger charge is -2.11. The van der Waals surface area contributed by atoms with Gasteiger partial charge >= 0.3 is 0 Å². The van der Waals surface area contributed by atoms with Crippen LogP contribution < -0.4 is 10.6 Å². The number of nitrogens with one attached hydrogen (secondary N) is 2. The lowest BCUT2D eigenvalue weighted by Crippen LogP contribution is -2.38. The van der Waals surface area contributed by atoms with Crippen molar-refractivity contribution in [1.29, 1.82) is 0 Å². The first-order valence-corrected chi connectivity index (χ1v) is 8.30. The maximum absolute atomic E-state index is 6.16.